The van der Waals surface area contributed by atoms with Gasteiger partial charge in [-0.25, -0.2) is 4.79 Å². The van der Waals surface area contributed by atoms with Crippen molar-refractivity contribution in [1.29, 1.82) is 5.26 Å². The Kier molecular flexibility index (Phi) is 9.30. The third kappa shape index (κ3) is 8.02. The highest BCUT2D eigenvalue weighted by Crippen LogP contribution is 2.23. The van der Waals surface area contributed by atoms with Crippen LogP contribution in [-0.2, 0) is 4.79 Å². The van der Waals surface area contributed by atoms with Gasteiger partial charge in [-0.15, -0.1) is 0 Å². The molecule has 0 radical (unpaired) electrons. The molecule has 1 heterocycles. The van der Waals surface area contributed by atoms with Crippen LogP contribution in [0, 0.1) is 16.7 Å². The highest BCUT2D eigenvalue weighted by molar-refractivity contribution is 6.41. The highest BCUT2D eigenvalue weighted by Gasteiger charge is 2.30. The minimum absolute atomic E-state index is 0.0470. The quantitative estimate of drug-likeness (QED) is 0.294. The number of hydrogen-bond acceptors (Lipinski definition) is 5. The van der Waals surface area contributed by atoms with Crippen LogP contribution in [0.25, 0.3) is 0 Å². The Labute approximate surface area is 190 Å². The zero-order valence-electron chi connectivity index (χ0n) is 19.0. The Hall–Kier alpha value is -2.83. The molecule has 1 aliphatic rings. The first-order valence-corrected chi connectivity index (χ1v) is 11.0. The monoisotopic (exact) mass is 440 g/mol. The number of nitrogens with zero attached hydrogens (tertiary/aromatic N) is 2. The Balaban J connectivity index is 2.03. The van der Waals surface area contributed by atoms with E-state index in [4.69, 9.17) is 0 Å². The summed E-state index contributed by atoms with van der Waals surface area (Å²) in [5.41, 5.74) is 0.583. The number of benzene rings is 1. The number of carbonyl (C=O) groups is 2. The van der Waals surface area contributed by atoms with E-state index < -0.39 is 19.2 Å². The number of carbonyl (C=O) groups excluding carboxylic acids is 2. The summed E-state index contributed by atoms with van der Waals surface area (Å²) in [5.74, 6) is -0.306. The zero-order valence-corrected chi connectivity index (χ0v) is 19.0. The van der Waals surface area contributed by atoms with Crippen LogP contribution in [0.5, 0.6) is 0 Å². The topological polar surface area (TPSA) is 126 Å². The van der Waals surface area contributed by atoms with E-state index >= 15 is 0 Å². The normalized spacial score (nSPS) is 17.8. The van der Waals surface area contributed by atoms with Gasteiger partial charge in [-0.05, 0) is 30.2 Å². The average Bonchev–Trinajstić information content (AvgIpc) is 2.75. The van der Waals surface area contributed by atoms with E-state index in [1.54, 1.807) is 23.1 Å². The smallest absolute Gasteiger partial charge is 0.427 e. The molecule has 0 spiro atoms. The largest absolute Gasteiger partial charge is 0.453 e. The fraction of sp³-hybridized carbons (Fsp3) is 0.522. The SMILES string of the molecule is CC(C)(C)C=C(C#N)C(=O)N1CCCC[C@H]1CNC(=O)N[C@H](CB(O)O)c1ccccc1. The van der Waals surface area contributed by atoms with E-state index in [-0.39, 0.29) is 35.8 Å². The molecule has 1 aromatic rings. The van der Waals surface area contributed by atoms with Gasteiger partial charge in [0.25, 0.3) is 5.91 Å². The van der Waals surface area contributed by atoms with Crippen molar-refractivity contribution in [3.8, 4) is 6.07 Å². The van der Waals surface area contributed by atoms with E-state index in [9.17, 15) is 24.9 Å². The van der Waals surface area contributed by atoms with E-state index in [1.807, 2.05) is 45.0 Å². The van der Waals surface area contributed by atoms with Gasteiger partial charge in [-0.3, -0.25) is 4.79 Å². The van der Waals surface area contributed by atoms with Gasteiger partial charge < -0.3 is 25.6 Å². The van der Waals surface area contributed by atoms with Crippen molar-refractivity contribution in [2.24, 2.45) is 5.41 Å². The molecule has 0 bridgehead atoms. The van der Waals surface area contributed by atoms with E-state index in [1.165, 1.54) is 0 Å². The minimum Gasteiger partial charge on any atom is -0.427 e. The average molecular weight is 440 g/mol. The van der Waals surface area contributed by atoms with E-state index in [2.05, 4.69) is 10.6 Å². The maximum atomic E-state index is 13.0. The first-order valence-electron chi connectivity index (χ1n) is 11.0. The van der Waals surface area contributed by atoms with Gasteiger partial charge in [0.15, 0.2) is 0 Å². The summed E-state index contributed by atoms with van der Waals surface area (Å²) in [6, 6.07) is 9.87. The molecular formula is C23H33BN4O4. The van der Waals surface area contributed by atoms with Gasteiger partial charge in [0, 0.05) is 25.5 Å². The number of amides is 3. The van der Waals surface area contributed by atoms with Crippen LogP contribution in [0.2, 0.25) is 6.32 Å². The van der Waals surface area contributed by atoms with E-state index in [0.29, 0.717) is 6.54 Å². The molecule has 0 saturated carbocycles. The van der Waals surface area contributed by atoms with Crippen molar-refractivity contribution in [2.45, 2.75) is 58.4 Å². The van der Waals surface area contributed by atoms with Crippen LogP contribution in [0.1, 0.15) is 51.6 Å². The van der Waals surface area contributed by atoms with Gasteiger partial charge in [0.1, 0.15) is 11.6 Å². The number of piperidine rings is 1. The van der Waals surface area contributed by atoms with Crippen molar-refractivity contribution in [3.05, 3.63) is 47.5 Å². The second kappa shape index (κ2) is 11.7. The molecule has 172 valence electrons. The van der Waals surface area contributed by atoms with Crippen LogP contribution in [0.3, 0.4) is 0 Å². The lowest BCUT2D eigenvalue weighted by atomic mass is 9.79. The zero-order chi connectivity index (χ0) is 23.7. The summed E-state index contributed by atoms with van der Waals surface area (Å²) >= 11 is 0. The molecular weight excluding hydrogens is 407 g/mol. The summed E-state index contributed by atoms with van der Waals surface area (Å²) in [5, 5.41) is 33.9. The third-order valence-electron chi connectivity index (χ3n) is 5.27. The predicted octanol–water partition coefficient (Wildman–Crippen LogP) is 2.38. The Morgan fingerprint density at radius 2 is 1.97 bits per heavy atom. The fourth-order valence-corrected chi connectivity index (χ4v) is 3.80. The number of nitrogens with one attached hydrogen (secondary N) is 2. The molecule has 0 aromatic heterocycles. The fourth-order valence-electron chi connectivity index (χ4n) is 3.80. The molecule has 32 heavy (non-hydrogen) atoms. The van der Waals surface area contributed by atoms with E-state index in [0.717, 1.165) is 24.8 Å². The molecule has 0 unspecified atom stereocenters. The van der Waals surface area contributed by atoms with Gasteiger partial charge >= 0.3 is 13.1 Å². The van der Waals surface area contributed by atoms with Crippen LogP contribution in [0.4, 0.5) is 4.79 Å². The van der Waals surface area contributed by atoms with Crippen LogP contribution >= 0.6 is 0 Å². The minimum atomic E-state index is -1.56. The molecule has 9 heteroatoms. The molecule has 2 atom stereocenters. The van der Waals surface area contributed by atoms with Crippen LogP contribution in [-0.4, -0.2) is 53.1 Å². The van der Waals surface area contributed by atoms with Crippen LogP contribution in [0.15, 0.2) is 42.0 Å². The first-order chi connectivity index (χ1) is 15.1. The highest BCUT2D eigenvalue weighted by atomic mass is 16.4. The molecule has 1 aliphatic heterocycles. The number of likely N-dealkylation sites (tertiary alicyclic amines) is 1. The number of allylic oxidation sites excluding steroid dienone is 1. The van der Waals surface area contributed by atoms with Crippen LogP contribution < -0.4 is 10.6 Å². The summed E-state index contributed by atoms with van der Waals surface area (Å²) in [6.07, 6.45) is 4.16. The summed E-state index contributed by atoms with van der Waals surface area (Å²) in [6.45, 7) is 6.59. The number of hydrogen-bond donors (Lipinski definition) is 4. The second-order valence-corrected chi connectivity index (χ2v) is 9.22. The lowest BCUT2D eigenvalue weighted by Crippen LogP contribution is -2.51. The summed E-state index contributed by atoms with van der Waals surface area (Å²) in [7, 11) is -1.56. The lowest BCUT2D eigenvalue weighted by Gasteiger charge is -2.36. The Morgan fingerprint density at radius 3 is 2.56 bits per heavy atom. The second-order valence-electron chi connectivity index (χ2n) is 9.22. The number of nitriles is 1. The maximum Gasteiger partial charge on any atom is 0.453 e. The summed E-state index contributed by atoms with van der Waals surface area (Å²) in [4.78, 5) is 27.2. The molecule has 1 saturated heterocycles. The third-order valence-corrected chi connectivity index (χ3v) is 5.27. The Morgan fingerprint density at radius 1 is 1.28 bits per heavy atom. The molecule has 0 aliphatic carbocycles. The maximum absolute atomic E-state index is 13.0. The Bertz CT molecular complexity index is 846. The van der Waals surface area contributed by atoms with Gasteiger partial charge in [0.05, 0.1) is 6.04 Å². The van der Waals surface area contributed by atoms with Gasteiger partial charge in [-0.2, -0.15) is 5.26 Å². The van der Waals surface area contributed by atoms with Crippen molar-refractivity contribution >= 4 is 19.1 Å². The lowest BCUT2D eigenvalue weighted by molar-refractivity contribution is -0.130. The van der Waals surface area contributed by atoms with Crippen molar-refractivity contribution < 1.29 is 19.6 Å². The first kappa shape index (κ1) is 25.4. The number of rotatable bonds is 7. The molecule has 1 aromatic carbocycles. The van der Waals surface area contributed by atoms with Gasteiger partial charge in [-0.1, -0.05) is 57.2 Å². The predicted molar refractivity (Wildman–Crippen MR) is 123 cm³/mol. The van der Waals surface area contributed by atoms with Crippen molar-refractivity contribution in [1.82, 2.24) is 15.5 Å². The molecule has 1 fully saturated rings. The molecule has 8 nitrogen and oxygen atoms in total. The van der Waals surface area contributed by atoms with Gasteiger partial charge in [0.2, 0.25) is 0 Å². The molecule has 4 N–H and O–H groups in total. The molecule has 3 amide bonds. The number of urea groups is 1. The molecule has 2 rings (SSSR count). The van der Waals surface area contributed by atoms with Crippen molar-refractivity contribution in [2.75, 3.05) is 13.1 Å². The van der Waals surface area contributed by atoms with Crippen molar-refractivity contribution in [3.63, 3.8) is 0 Å². The summed E-state index contributed by atoms with van der Waals surface area (Å²) < 4.78 is 0. The standard InChI is InChI=1S/C23H33BN4O4/c1-23(2,3)13-18(15-25)21(29)28-12-8-7-11-19(28)16-26-22(30)27-20(14-24(31)32)17-9-5-4-6-10-17/h4-6,9-10,13,19-20,31-32H,7-8,11-12,14,16H2,1-3H3,(H2,26,27,30)/t19-,20+/m0/s1.